The molecule has 1 atom stereocenters. The Morgan fingerprint density at radius 3 is 2.62 bits per heavy atom. The van der Waals surface area contributed by atoms with E-state index in [9.17, 15) is 0 Å². The van der Waals surface area contributed by atoms with Crippen molar-refractivity contribution in [2.75, 3.05) is 23.4 Å². The molecule has 0 amide bonds. The molecular formula is C14H16N2. The topological polar surface area (TPSA) is 6.48 Å². The summed E-state index contributed by atoms with van der Waals surface area (Å²) < 4.78 is 0. The Balaban J connectivity index is 2.48. The van der Waals surface area contributed by atoms with E-state index in [4.69, 9.17) is 6.42 Å². The minimum Gasteiger partial charge on any atom is -0.348 e. The Hall–Kier alpha value is -1.88. The van der Waals surface area contributed by atoms with Crippen LogP contribution in [-0.4, -0.2) is 19.8 Å². The second-order valence-corrected chi connectivity index (χ2v) is 3.93. The van der Waals surface area contributed by atoms with E-state index >= 15 is 0 Å². The van der Waals surface area contributed by atoms with Crippen LogP contribution in [0.25, 0.3) is 0 Å². The highest BCUT2D eigenvalue weighted by Gasteiger charge is 2.33. The van der Waals surface area contributed by atoms with Gasteiger partial charge in [0.2, 0.25) is 0 Å². The van der Waals surface area contributed by atoms with E-state index < -0.39 is 0 Å². The quantitative estimate of drug-likeness (QED) is 0.695. The van der Waals surface area contributed by atoms with Gasteiger partial charge in [0.05, 0.1) is 11.4 Å². The Morgan fingerprint density at radius 1 is 1.44 bits per heavy atom. The van der Waals surface area contributed by atoms with Crippen molar-refractivity contribution in [2.24, 2.45) is 0 Å². The molecule has 0 saturated carbocycles. The fourth-order valence-corrected chi connectivity index (χ4v) is 2.32. The highest BCUT2D eigenvalue weighted by Crippen LogP contribution is 2.39. The first-order chi connectivity index (χ1) is 7.70. The summed E-state index contributed by atoms with van der Waals surface area (Å²) in [5.74, 6) is 2.66. The van der Waals surface area contributed by atoms with E-state index in [2.05, 4.69) is 54.5 Å². The predicted molar refractivity (Wildman–Crippen MR) is 69.6 cm³/mol. The Labute approximate surface area is 97.2 Å². The van der Waals surface area contributed by atoms with Crippen molar-refractivity contribution in [1.29, 1.82) is 0 Å². The number of terminal acetylenes is 1. The van der Waals surface area contributed by atoms with Crippen molar-refractivity contribution in [3.05, 3.63) is 36.4 Å². The van der Waals surface area contributed by atoms with E-state index in [1.54, 1.807) is 0 Å². The molecular weight excluding hydrogens is 196 g/mol. The lowest BCUT2D eigenvalue weighted by atomic mass is 10.2. The number of fused-ring (bicyclic) bond motifs is 1. The molecule has 2 heteroatoms. The highest BCUT2D eigenvalue weighted by molar-refractivity contribution is 5.79. The minimum absolute atomic E-state index is 0.0902. The van der Waals surface area contributed by atoms with Crippen LogP contribution >= 0.6 is 0 Å². The predicted octanol–water partition coefficient (Wildman–Crippen LogP) is 2.48. The molecule has 0 bridgehead atoms. The van der Waals surface area contributed by atoms with Crippen molar-refractivity contribution in [2.45, 2.75) is 13.1 Å². The normalized spacial score (nSPS) is 18.2. The Bertz CT molecular complexity index is 456. The zero-order valence-electron chi connectivity index (χ0n) is 9.77. The summed E-state index contributed by atoms with van der Waals surface area (Å²) in [4.78, 5) is 4.46. The standard InChI is InChI=1S/C14H16N2/c1-5-11(3)14-15(4)12-9-7-8-10-13(12)16(14)6-2/h1,7-10,14H,3,6H2,2,4H3. The molecule has 0 saturated heterocycles. The van der Waals surface area contributed by atoms with Crippen molar-refractivity contribution in [1.82, 2.24) is 0 Å². The molecule has 1 unspecified atom stereocenters. The summed E-state index contributed by atoms with van der Waals surface area (Å²) in [6.07, 6.45) is 5.55. The van der Waals surface area contributed by atoms with Crippen LogP contribution in [0.4, 0.5) is 11.4 Å². The number of likely N-dealkylation sites (N-methyl/N-ethyl adjacent to an activating group) is 2. The molecule has 1 aromatic carbocycles. The summed E-state index contributed by atoms with van der Waals surface area (Å²) >= 11 is 0. The van der Waals surface area contributed by atoms with Crippen molar-refractivity contribution in [3.63, 3.8) is 0 Å². The molecule has 1 aliphatic heterocycles. The van der Waals surface area contributed by atoms with Crippen molar-refractivity contribution < 1.29 is 0 Å². The molecule has 0 N–H and O–H groups in total. The van der Waals surface area contributed by atoms with Crippen molar-refractivity contribution in [3.8, 4) is 12.3 Å². The van der Waals surface area contributed by atoms with Gasteiger partial charge < -0.3 is 9.80 Å². The number of nitrogens with zero attached hydrogens (tertiary/aromatic N) is 2. The van der Waals surface area contributed by atoms with Gasteiger partial charge in [-0.2, -0.15) is 0 Å². The SMILES string of the molecule is C#CC(=C)C1N(C)c2ccccc2N1CC. The van der Waals surface area contributed by atoms with Crippen LogP contribution in [0.15, 0.2) is 36.4 Å². The van der Waals surface area contributed by atoms with Crippen molar-refractivity contribution >= 4 is 11.4 Å². The van der Waals surface area contributed by atoms with E-state index in [0.717, 1.165) is 12.1 Å². The van der Waals surface area contributed by atoms with Crippen LogP contribution in [0.5, 0.6) is 0 Å². The fourth-order valence-electron chi connectivity index (χ4n) is 2.32. The summed E-state index contributed by atoms with van der Waals surface area (Å²) in [6.45, 7) is 7.02. The number of hydrogen-bond donors (Lipinski definition) is 0. The fraction of sp³-hybridized carbons (Fsp3) is 0.286. The largest absolute Gasteiger partial charge is 0.348 e. The Morgan fingerprint density at radius 2 is 2.06 bits per heavy atom. The smallest absolute Gasteiger partial charge is 0.135 e. The molecule has 1 heterocycles. The molecule has 0 aromatic heterocycles. The third kappa shape index (κ3) is 1.37. The second kappa shape index (κ2) is 3.94. The van der Waals surface area contributed by atoms with Gasteiger partial charge in [-0.15, -0.1) is 6.42 Å². The maximum atomic E-state index is 5.46. The van der Waals surface area contributed by atoms with Gasteiger partial charge in [0.25, 0.3) is 0 Å². The average Bonchev–Trinajstić information content (AvgIpc) is 2.62. The summed E-state index contributed by atoms with van der Waals surface area (Å²) in [5.41, 5.74) is 3.25. The monoisotopic (exact) mass is 212 g/mol. The second-order valence-electron chi connectivity index (χ2n) is 3.93. The number of para-hydroxylation sites is 2. The van der Waals surface area contributed by atoms with E-state index in [1.807, 2.05) is 6.07 Å². The maximum Gasteiger partial charge on any atom is 0.135 e. The van der Waals surface area contributed by atoms with Crippen LogP contribution < -0.4 is 9.80 Å². The molecule has 0 radical (unpaired) electrons. The van der Waals surface area contributed by atoms with Gasteiger partial charge in [0.1, 0.15) is 6.17 Å². The van der Waals surface area contributed by atoms with E-state index in [1.165, 1.54) is 11.4 Å². The van der Waals surface area contributed by atoms with Gasteiger partial charge in [-0.3, -0.25) is 0 Å². The number of hydrogen-bond acceptors (Lipinski definition) is 2. The third-order valence-corrected chi connectivity index (χ3v) is 3.07. The van der Waals surface area contributed by atoms with Gasteiger partial charge in [-0.1, -0.05) is 24.6 Å². The van der Waals surface area contributed by atoms with Gasteiger partial charge in [0.15, 0.2) is 0 Å². The first kappa shape index (κ1) is 10.6. The van der Waals surface area contributed by atoms with Gasteiger partial charge in [0, 0.05) is 19.2 Å². The van der Waals surface area contributed by atoms with Gasteiger partial charge in [-0.25, -0.2) is 0 Å². The molecule has 1 aliphatic rings. The molecule has 0 aliphatic carbocycles. The average molecular weight is 212 g/mol. The zero-order chi connectivity index (χ0) is 11.7. The van der Waals surface area contributed by atoms with Crippen LogP contribution in [0.2, 0.25) is 0 Å². The van der Waals surface area contributed by atoms with Crippen LogP contribution in [-0.2, 0) is 0 Å². The van der Waals surface area contributed by atoms with Crippen LogP contribution in [0, 0.1) is 12.3 Å². The number of anilines is 2. The highest BCUT2D eigenvalue weighted by atomic mass is 15.4. The van der Waals surface area contributed by atoms with Crippen LogP contribution in [0.3, 0.4) is 0 Å². The summed E-state index contributed by atoms with van der Waals surface area (Å²) in [6, 6.07) is 8.33. The number of rotatable bonds is 2. The summed E-state index contributed by atoms with van der Waals surface area (Å²) in [5, 5.41) is 0. The van der Waals surface area contributed by atoms with Gasteiger partial charge >= 0.3 is 0 Å². The zero-order valence-corrected chi connectivity index (χ0v) is 9.77. The van der Waals surface area contributed by atoms with E-state index in [0.29, 0.717) is 0 Å². The molecule has 2 nitrogen and oxygen atoms in total. The first-order valence-corrected chi connectivity index (χ1v) is 5.44. The number of benzene rings is 1. The summed E-state index contributed by atoms with van der Waals surface area (Å²) in [7, 11) is 2.06. The van der Waals surface area contributed by atoms with Crippen LogP contribution in [0.1, 0.15) is 6.92 Å². The lowest BCUT2D eigenvalue weighted by Crippen LogP contribution is -2.42. The lowest BCUT2D eigenvalue weighted by molar-refractivity contribution is 0.712. The molecule has 2 rings (SSSR count). The van der Waals surface area contributed by atoms with E-state index in [-0.39, 0.29) is 6.17 Å². The lowest BCUT2D eigenvalue weighted by Gasteiger charge is -2.29. The molecule has 82 valence electrons. The minimum atomic E-state index is 0.0902. The Kier molecular flexibility index (Phi) is 2.62. The third-order valence-electron chi connectivity index (χ3n) is 3.07. The maximum absolute atomic E-state index is 5.46. The first-order valence-electron chi connectivity index (χ1n) is 5.44. The molecule has 0 spiro atoms. The molecule has 0 fully saturated rings. The van der Waals surface area contributed by atoms with Gasteiger partial charge in [-0.05, 0) is 19.1 Å². The molecule has 1 aromatic rings. The molecule has 16 heavy (non-hydrogen) atoms.